The smallest absolute Gasteiger partial charge is 0.252 e. The summed E-state index contributed by atoms with van der Waals surface area (Å²) < 4.78 is 5.76. The summed E-state index contributed by atoms with van der Waals surface area (Å²) in [5.74, 6) is -0.483. The Morgan fingerprint density at radius 3 is 2.68 bits per heavy atom. The first-order chi connectivity index (χ1) is 9.04. The van der Waals surface area contributed by atoms with Crippen molar-refractivity contribution in [2.24, 2.45) is 0 Å². The van der Waals surface area contributed by atoms with Gasteiger partial charge in [0.1, 0.15) is 0 Å². The maximum absolute atomic E-state index is 11.9. The fraction of sp³-hybridized carbons (Fsp3) is 0.385. The first-order valence-electron chi connectivity index (χ1n) is 5.85. The van der Waals surface area contributed by atoms with Crippen molar-refractivity contribution >= 4 is 34.4 Å². The minimum atomic E-state index is -0.250. The second kappa shape index (κ2) is 8.11. The minimum absolute atomic E-state index is 0.0438. The number of hydrogen-bond acceptors (Lipinski definition) is 3. The van der Waals surface area contributed by atoms with Crippen LogP contribution in [-0.2, 0) is 9.53 Å². The first-order valence-corrected chi connectivity index (χ1v) is 6.93. The van der Waals surface area contributed by atoms with Crippen LogP contribution in [0.25, 0.3) is 0 Å². The average Bonchev–Trinajstić information content (AvgIpc) is 2.36. The molecule has 1 aromatic carbocycles. The van der Waals surface area contributed by atoms with E-state index in [0.717, 1.165) is 3.57 Å². The number of benzene rings is 1. The number of carbonyl (C=O) groups excluding carboxylic acids is 2. The lowest BCUT2D eigenvalue weighted by Crippen LogP contribution is -2.42. The van der Waals surface area contributed by atoms with Gasteiger partial charge >= 0.3 is 0 Å². The van der Waals surface area contributed by atoms with Gasteiger partial charge in [-0.15, -0.1) is 0 Å². The number of nitrogens with one attached hydrogen (secondary N) is 2. The van der Waals surface area contributed by atoms with Gasteiger partial charge in [-0.1, -0.05) is 12.1 Å². The number of carbonyl (C=O) groups is 2. The predicted octanol–water partition coefficient (Wildman–Crippen LogP) is 1.17. The molecule has 104 valence electrons. The molecular weight excluding hydrogens is 359 g/mol. The molecular formula is C13H17IN2O3. The van der Waals surface area contributed by atoms with E-state index in [1.807, 2.05) is 19.1 Å². The van der Waals surface area contributed by atoms with Crippen molar-refractivity contribution in [1.29, 1.82) is 0 Å². The maximum atomic E-state index is 11.9. The summed E-state index contributed by atoms with van der Waals surface area (Å²) in [5.41, 5.74) is 0.570. The van der Waals surface area contributed by atoms with E-state index in [4.69, 9.17) is 4.74 Å². The Labute approximate surface area is 126 Å². The van der Waals surface area contributed by atoms with Crippen LogP contribution in [0, 0.1) is 3.57 Å². The van der Waals surface area contributed by atoms with Gasteiger partial charge in [0.25, 0.3) is 5.91 Å². The largest absolute Gasteiger partial charge is 0.383 e. The molecule has 1 rings (SSSR count). The Balaban J connectivity index is 2.42. The molecule has 0 spiro atoms. The Morgan fingerprint density at radius 2 is 2.05 bits per heavy atom. The second-order valence-electron chi connectivity index (χ2n) is 4.09. The van der Waals surface area contributed by atoms with Gasteiger partial charge in [-0.2, -0.15) is 0 Å². The third kappa shape index (κ3) is 5.56. The standard InChI is InChI=1S/C13H17IN2O3/c1-9(8-19-2)16-12(17)7-15-13(18)10-5-3-4-6-11(10)14/h3-6,9H,7-8H2,1-2H3,(H,15,18)(H,16,17). The molecule has 0 aliphatic heterocycles. The number of amides is 2. The summed E-state index contributed by atoms with van der Waals surface area (Å²) in [7, 11) is 1.57. The summed E-state index contributed by atoms with van der Waals surface area (Å²) in [6.07, 6.45) is 0. The lowest BCUT2D eigenvalue weighted by atomic mass is 10.2. The zero-order chi connectivity index (χ0) is 14.3. The van der Waals surface area contributed by atoms with Crippen LogP contribution >= 0.6 is 22.6 Å². The third-order valence-electron chi connectivity index (χ3n) is 2.35. The highest BCUT2D eigenvalue weighted by Gasteiger charge is 2.11. The molecule has 0 bridgehead atoms. The van der Waals surface area contributed by atoms with E-state index >= 15 is 0 Å². The van der Waals surface area contributed by atoms with Gasteiger partial charge in [-0.25, -0.2) is 0 Å². The summed E-state index contributed by atoms with van der Waals surface area (Å²) >= 11 is 2.09. The topological polar surface area (TPSA) is 67.4 Å². The van der Waals surface area contributed by atoms with E-state index in [0.29, 0.717) is 12.2 Å². The van der Waals surface area contributed by atoms with Crippen LogP contribution in [0.5, 0.6) is 0 Å². The van der Waals surface area contributed by atoms with Gasteiger partial charge < -0.3 is 15.4 Å². The summed E-state index contributed by atoms with van der Waals surface area (Å²) in [5, 5.41) is 5.31. The summed E-state index contributed by atoms with van der Waals surface area (Å²) in [6, 6.07) is 7.14. The molecule has 1 atom stereocenters. The molecule has 6 heteroatoms. The van der Waals surface area contributed by atoms with Gasteiger partial charge in [0.05, 0.1) is 18.7 Å². The van der Waals surface area contributed by atoms with Crippen LogP contribution in [0.15, 0.2) is 24.3 Å². The Morgan fingerprint density at radius 1 is 1.37 bits per heavy atom. The molecule has 19 heavy (non-hydrogen) atoms. The monoisotopic (exact) mass is 376 g/mol. The molecule has 2 N–H and O–H groups in total. The molecule has 0 saturated carbocycles. The molecule has 0 aromatic heterocycles. The van der Waals surface area contributed by atoms with Crippen LogP contribution in [0.2, 0.25) is 0 Å². The van der Waals surface area contributed by atoms with Crippen molar-refractivity contribution in [3.8, 4) is 0 Å². The number of methoxy groups -OCH3 is 1. The van der Waals surface area contributed by atoms with Gasteiger partial charge in [0, 0.05) is 16.7 Å². The van der Waals surface area contributed by atoms with E-state index in [1.165, 1.54) is 0 Å². The lowest BCUT2D eigenvalue weighted by molar-refractivity contribution is -0.121. The lowest BCUT2D eigenvalue weighted by Gasteiger charge is -2.13. The minimum Gasteiger partial charge on any atom is -0.383 e. The number of rotatable bonds is 6. The number of halogens is 1. The van der Waals surface area contributed by atoms with E-state index in [1.54, 1.807) is 19.2 Å². The van der Waals surface area contributed by atoms with Crippen LogP contribution in [0.3, 0.4) is 0 Å². The van der Waals surface area contributed by atoms with Crippen molar-refractivity contribution < 1.29 is 14.3 Å². The SMILES string of the molecule is COCC(C)NC(=O)CNC(=O)c1ccccc1I. The molecule has 0 aliphatic carbocycles. The fourth-order valence-corrected chi connectivity index (χ4v) is 2.15. The van der Waals surface area contributed by atoms with Gasteiger partial charge in [0.15, 0.2) is 0 Å². The molecule has 0 radical (unpaired) electrons. The number of ether oxygens (including phenoxy) is 1. The Bertz CT molecular complexity index is 451. The fourth-order valence-electron chi connectivity index (χ4n) is 1.52. The zero-order valence-electron chi connectivity index (χ0n) is 10.9. The van der Waals surface area contributed by atoms with Crippen LogP contribution in [-0.4, -0.2) is 38.1 Å². The quantitative estimate of drug-likeness (QED) is 0.733. The van der Waals surface area contributed by atoms with Gasteiger partial charge in [-0.3, -0.25) is 9.59 Å². The molecule has 0 fully saturated rings. The van der Waals surface area contributed by atoms with Crippen LogP contribution in [0.1, 0.15) is 17.3 Å². The average molecular weight is 376 g/mol. The van der Waals surface area contributed by atoms with Crippen LogP contribution < -0.4 is 10.6 Å². The first kappa shape index (κ1) is 15.9. The molecule has 5 nitrogen and oxygen atoms in total. The van der Waals surface area contributed by atoms with E-state index in [9.17, 15) is 9.59 Å². The highest BCUT2D eigenvalue weighted by atomic mass is 127. The summed E-state index contributed by atoms with van der Waals surface area (Å²) in [6.45, 7) is 2.23. The van der Waals surface area contributed by atoms with Crippen molar-refractivity contribution in [2.75, 3.05) is 20.3 Å². The molecule has 0 heterocycles. The van der Waals surface area contributed by atoms with E-state index in [2.05, 4.69) is 33.2 Å². The van der Waals surface area contributed by atoms with Crippen molar-refractivity contribution in [3.05, 3.63) is 33.4 Å². The highest BCUT2D eigenvalue weighted by molar-refractivity contribution is 14.1. The molecule has 1 unspecified atom stereocenters. The third-order valence-corrected chi connectivity index (χ3v) is 3.29. The zero-order valence-corrected chi connectivity index (χ0v) is 13.1. The molecule has 2 amide bonds. The van der Waals surface area contributed by atoms with Gasteiger partial charge in [-0.05, 0) is 41.6 Å². The van der Waals surface area contributed by atoms with Crippen molar-refractivity contribution in [1.82, 2.24) is 10.6 Å². The Kier molecular flexibility index (Phi) is 6.79. The van der Waals surface area contributed by atoms with Gasteiger partial charge in [0.2, 0.25) is 5.91 Å². The number of hydrogen-bond donors (Lipinski definition) is 2. The van der Waals surface area contributed by atoms with E-state index in [-0.39, 0.29) is 24.4 Å². The second-order valence-corrected chi connectivity index (χ2v) is 5.25. The van der Waals surface area contributed by atoms with Crippen molar-refractivity contribution in [2.45, 2.75) is 13.0 Å². The maximum Gasteiger partial charge on any atom is 0.252 e. The molecule has 0 aliphatic rings. The van der Waals surface area contributed by atoms with Crippen molar-refractivity contribution in [3.63, 3.8) is 0 Å². The summed E-state index contributed by atoms with van der Waals surface area (Å²) in [4.78, 5) is 23.4. The highest BCUT2D eigenvalue weighted by Crippen LogP contribution is 2.10. The predicted molar refractivity (Wildman–Crippen MR) is 81.0 cm³/mol. The normalized spacial score (nSPS) is 11.7. The molecule has 0 saturated heterocycles. The van der Waals surface area contributed by atoms with Crippen LogP contribution in [0.4, 0.5) is 0 Å². The van der Waals surface area contributed by atoms with E-state index < -0.39 is 0 Å². The molecule has 1 aromatic rings. The Hall–Kier alpha value is -1.15.